The maximum Gasteiger partial charge on any atom is 0.159 e. The molecule has 1 aliphatic rings. The first-order valence-electron chi connectivity index (χ1n) is 8.56. The Morgan fingerprint density at radius 1 is 1.04 bits per heavy atom. The number of fused-ring (bicyclic) bond motifs is 1. The van der Waals surface area contributed by atoms with Crippen molar-refractivity contribution in [3.05, 3.63) is 82.1 Å². The van der Waals surface area contributed by atoms with Gasteiger partial charge in [-0.05, 0) is 48.7 Å². The molecule has 0 bridgehead atoms. The van der Waals surface area contributed by atoms with E-state index in [1.165, 1.54) is 16.7 Å². The first-order valence-corrected chi connectivity index (χ1v) is 8.94. The molecule has 3 aromatic rings. The summed E-state index contributed by atoms with van der Waals surface area (Å²) >= 11 is 5.97. The zero-order valence-electron chi connectivity index (χ0n) is 14.2. The van der Waals surface area contributed by atoms with Gasteiger partial charge in [0, 0.05) is 36.4 Å². The Morgan fingerprint density at radius 3 is 2.56 bits per heavy atom. The van der Waals surface area contributed by atoms with Gasteiger partial charge in [-0.3, -0.25) is 4.90 Å². The van der Waals surface area contributed by atoms with E-state index in [9.17, 15) is 0 Å². The van der Waals surface area contributed by atoms with E-state index in [0.29, 0.717) is 0 Å². The van der Waals surface area contributed by atoms with Gasteiger partial charge >= 0.3 is 0 Å². The molecule has 2 aromatic carbocycles. The van der Waals surface area contributed by atoms with Gasteiger partial charge in [0.2, 0.25) is 0 Å². The average Bonchev–Trinajstić information content (AvgIpc) is 2.64. The molecular formula is C21H20ClN3. The zero-order valence-corrected chi connectivity index (χ0v) is 15.0. The second kappa shape index (κ2) is 6.95. The van der Waals surface area contributed by atoms with Crippen LogP contribution in [-0.4, -0.2) is 21.4 Å². The summed E-state index contributed by atoms with van der Waals surface area (Å²) in [5.41, 5.74) is 6.05. The summed E-state index contributed by atoms with van der Waals surface area (Å²) in [6.07, 6.45) is 2.98. The molecule has 0 spiro atoms. The molecule has 1 aliphatic heterocycles. The fourth-order valence-corrected chi connectivity index (χ4v) is 3.31. The second-order valence-electron chi connectivity index (χ2n) is 6.62. The number of hydrogen-bond acceptors (Lipinski definition) is 3. The van der Waals surface area contributed by atoms with Gasteiger partial charge in [-0.2, -0.15) is 0 Å². The number of hydrogen-bond donors (Lipinski definition) is 0. The van der Waals surface area contributed by atoms with Crippen LogP contribution in [0.25, 0.3) is 11.4 Å². The Kier molecular flexibility index (Phi) is 4.51. The molecular weight excluding hydrogens is 330 g/mol. The quantitative estimate of drug-likeness (QED) is 0.688. The number of aromatic nitrogens is 2. The lowest BCUT2D eigenvalue weighted by Gasteiger charge is -2.28. The summed E-state index contributed by atoms with van der Waals surface area (Å²) in [5.74, 6) is 0.771. The van der Waals surface area contributed by atoms with Crippen LogP contribution in [0, 0.1) is 6.92 Å². The minimum Gasteiger partial charge on any atom is -0.293 e. The molecule has 25 heavy (non-hydrogen) atoms. The molecule has 126 valence electrons. The summed E-state index contributed by atoms with van der Waals surface area (Å²) in [7, 11) is 0. The van der Waals surface area contributed by atoms with Crippen LogP contribution in [0.5, 0.6) is 0 Å². The van der Waals surface area contributed by atoms with Crippen LogP contribution in [0.15, 0.2) is 54.7 Å². The Bertz CT molecular complexity index is 873. The molecule has 0 aliphatic carbocycles. The number of nitrogens with zero attached hydrogens (tertiary/aromatic N) is 3. The van der Waals surface area contributed by atoms with Crippen molar-refractivity contribution >= 4 is 11.6 Å². The lowest BCUT2D eigenvalue weighted by atomic mass is 10.0. The van der Waals surface area contributed by atoms with Gasteiger partial charge in [-0.1, -0.05) is 41.4 Å². The largest absolute Gasteiger partial charge is 0.293 e. The summed E-state index contributed by atoms with van der Waals surface area (Å²) in [5, 5.41) is 0.728. The highest BCUT2D eigenvalue weighted by Gasteiger charge is 2.19. The fraction of sp³-hybridized carbons (Fsp3) is 0.238. The molecule has 2 heterocycles. The van der Waals surface area contributed by atoms with E-state index in [0.717, 1.165) is 48.2 Å². The van der Waals surface area contributed by atoms with Crippen LogP contribution in [0.1, 0.15) is 22.4 Å². The molecule has 0 N–H and O–H groups in total. The normalized spacial score (nSPS) is 14.3. The lowest BCUT2D eigenvalue weighted by Crippen LogP contribution is -2.31. The Hall–Kier alpha value is -2.23. The van der Waals surface area contributed by atoms with E-state index in [-0.39, 0.29) is 0 Å². The smallest absolute Gasteiger partial charge is 0.159 e. The molecule has 0 amide bonds. The fourth-order valence-electron chi connectivity index (χ4n) is 3.18. The van der Waals surface area contributed by atoms with Gasteiger partial charge in [0.05, 0.1) is 5.69 Å². The van der Waals surface area contributed by atoms with Crippen molar-refractivity contribution < 1.29 is 0 Å². The third-order valence-electron chi connectivity index (χ3n) is 4.65. The van der Waals surface area contributed by atoms with Gasteiger partial charge < -0.3 is 0 Å². The molecule has 0 saturated heterocycles. The van der Waals surface area contributed by atoms with Crippen LogP contribution in [0.4, 0.5) is 0 Å². The molecule has 1 aromatic heterocycles. The molecule has 0 radical (unpaired) electrons. The monoisotopic (exact) mass is 349 g/mol. The highest BCUT2D eigenvalue weighted by Crippen LogP contribution is 2.23. The summed E-state index contributed by atoms with van der Waals surface area (Å²) in [6, 6.07) is 16.5. The van der Waals surface area contributed by atoms with E-state index in [2.05, 4.69) is 41.1 Å². The van der Waals surface area contributed by atoms with E-state index in [1.54, 1.807) is 0 Å². The third-order valence-corrected chi connectivity index (χ3v) is 4.91. The van der Waals surface area contributed by atoms with Crippen LogP contribution >= 0.6 is 11.6 Å². The predicted molar refractivity (Wildman–Crippen MR) is 101 cm³/mol. The van der Waals surface area contributed by atoms with Gasteiger partial charge in [0.1, 0.15) is 0 Å². The predicted octanol–water partition coefficient (Wildman–Crippen LogP) is 4.66. The number of halogens is 1. The molecule has 3 nitrogen and oxygen atoms in total. The van der Waals surface area contributed by atoms with Crippen LogP contribution in [0.2, 0.25) is 5.02 Å². The SMILES string of the molecule is Cc1ccc(CN2CCc3cnc(-c4ccc(Cl)cc4)nc3C2)cc1. The Balaban J connectivity index is 1.54. The van der Waals surface area contributed by atoms with Gasteiger partial charge in [0.25, 0.3) is 0 Å². The molecule has 4 heteroatoms. The van der Waals surface area contributed by atoms with Crippen molar-refractivity contribution in [1.82, 2.24) is 14.9 Å². The van der Waals surface area contributed by atoms with Crippen LogP contribution < -0.4 is 0 Å². The Morgan fingerprint density at radius 2 is 1.80 bits per heavy atom. The maximum atomic E-state index is 5.97. The van der Waals surface area contributed by atoms with Gasteiger partial charge in [0.15, 0.2) is 5.82 Å². The van der Waals surface area contributed by atoms with Crippen molar-refractivity contribution in [2.75, 3.05) is 6.54 Å². The molecule has 0 atom stereocenters. The lowest BCUT2D eigenvalue weighted by molar-refractivity contribution is 0.241. The van der Waals surface area contributed by atoms with E-state index < -0.39 is 0 Å². The average molecular weight is 350 g/mol. The highest BCUT2D eigenvalue weighted by atomic mass is 35.5. The Labute approximate surface area is 153 Å². The highest BCUT2D eigenvalue weighted by molar-refractivity contribution is 6.30. The number of benzene rings is 2. The van der Waals surface area contributed by atoms with Crippen molar-refractivity contribution in [3.8, 4) is 11.4 Å². The van der Waals surface area contributed by atoms with Crippen molar-refractivity contribution in [2.45, 2.75) is 26.4 Å². The summed E-state index contributed by atoms with van der Waals surface area (Å²) in [4.78, 5) is 11.8. The molecule has 0 saturated carbocycles. The maximum absolute atomic E-state index is 5.97. The molecule has 4 rings (SSSR count). The summed E-state index contributed by atoms with van der Waals surface area (Å²) < 4.78 is 0. The zero-order chi connectivity index (χ0) is 17.2. The van der Waals surface area contributed by atoms with E-state index >= 15 is 0 Å². The number of rotatable bonds is 3. The van der Waals surface area contributed by atoms with Crippen molar-refractivity contribution in [1.29, 1.82) is 0 Å². The molecule has 0 fully saturated rings. The van der Waals surface area contributed by atoms with Gasteiger partial charge in [-0.25, -0.2) is 9.97 Å². The number of aryl methyl sites for hydroxylation is 1. The molecule has 0 unspecified atom stereocenters. The van der Waals surface area contributed by atoms with Crippen LogP contribution in [0.3, 0.4) is 0 Å². The van der Waals surface area contributed by atoms with E-state index in [1.807, 2.05) is 30.5 Å². The van der Waals surface area contributed by atoms with Gasteiger partial charge in [-0.15, -0.1) is 0 Å². The second-order valence-corrected chi connectivity index (χ2v) is 7.06. The van der Waals surface area contributed by atoms with E-state index in [4.69, 9.17) is 16.6 Å². The minimum atomic E-state index is 0.728. The van der Waals surface area contributed by atoms with Crippen LogP contribution in [-0.2, 0) is 19.5 Å². The first kappa shape index (κ1) is 16.2. The standard InChI is InChI=1S/C21H20ClN3/c1-15-2-4-16(5-3-15)13-25-11-10-18-12-23-21(24-20(18)14-25)17-6-8-19(22)9-7-17/h2-9,12H,10-11,13-14H2,1H3. The first-order chi connectivity index (χ1) is 12.2. The third kappa shape index (κ3) is 3.73. The summed E-state index contributed by atoms with van der Waals surface area (Å²) in [6.45, 7) is 4.99. The minimum absolute atomic E-state index is 0.728. The van der Waals surface area contributed by atoms with Crippen molar-refractivity contribution in [2.24, 2.45) is 0 Å². The topological polar surface area (TPSA) is 29.0 Å². The van der Waals surface area contributed by atoms with Crippen molar-refractivity contribution in [3.63, 3.8) is 0 Å².